The van der Waals surface area contributed by atoms with E-state index in [-0.39, 0.29) is 41.3 Å². The van der Waals surface area contributed by atoms with E-state index >= 15 is 0 Å². The Balaban J connectivity index is 1.86. The van der Waals surface area contributed by atoms with Gasteiger partial charge < -0.3 is 35.5 Å². The van der Waals surface area contributed by atoms with Gasteiger partial charge in [-0.05, 0) is 42.0 Å². The van der Waals surface area contributed by atoms with Crippen LogP contribution < -0.4 is 31.0 Å². The molecule has 2 aromatic carbocycles. The second-order valence-electron chi connectivity index (χ2n) is 7.93. The standard InChI is InChI=1S/C24H25N7O7S/c1-36-15-9-13(10-16(18(15)37-2)38-8-7-32)17(28-14-5-3-12(4-6-14)20(25)26)21-29-24(35)31(30-21)22-19(23(33)34)39-11-27-22/h3-6,9-11,17,28,32H,7-8H2,1-2H3,(H3,25,26)(H,33,34)(H,29,30,35). The normalized spacial score (nSPS) is 11.6. The van der Waals surface area contributed by atoms with Gasteiger partial charge in [-0.1, -0.05) is 0 Å². The Morgan fingerprint density at radius 1 is 1.23 bits per heavy atom. The highest BCUT2D eigenvalue weighted by Gasteiger charge is 2.26. The Labute approximate surface area is 225 Å². The van der Waals surface area contributed by atoms with E-state index in [1.165, 1.54) is 19.7 Å². The Hall–Kier alpha value is -4.89. The number of benzene rings is 2. The molecule has 1 atom stereocenters. The number of hydrogen-bond acceptors (Lipinski definition) is 11. The minimum absolute atomic E-state index is 0.0131. The van der Waals surface area contributed by atoms with Gasteiger partial charge in [0.15, 0.2) is 28.0 Å². The fourth-order valence-corrected chi connectivity index (χ4v) is 4.36. The molecule has 0 bridgehead atoms. The molecule has 0 aliphatic carbocycles. The maximum atomic E-state index is 12.9. The molecule has 15 heteroatoms. The number of hydrogen-bond donors (Lipinski definition) is 6. The highest BCUT2D eigenvalue weighted by molar-refractivity contribution is 7.12. The molecule has 4 aromatic rings. The van der Waals surface area contributed by atoms with E-state index in [4.69, 9.17) is 25.4 Å². The van der Waals surface area contributed by atoms with E-state index in [9.17, 15) is 19.8 Å². The Morgan fingerprint density at radius 2 is 1.95 bits per heavy atom. The summed E-state index contributed by atoms with van der Waals surface area (Å²) in [5.41, 5.74) is 7.81. The number of carbonyl (C=O) groups is 1. The van der Waals surface area contributed by atoms with Crippen molar-refractivity contribution in [3.63, 3.8) is 0 Å². The van der Waals surface area contributed by atoms with Crippen LogP contribution in [0.2, 0.25) is 0 Å². The number of nitrogens with zero attached hydrogens (tertiary/aromatic N) is 3. The van der Waals surface area contributed by atoms with Gasteiger partial charge in [0.05, 0.1) is 26.3 Å². The quantitative estimate of drug-likeness (QED) is 0.109. The van der Waals surface area contributed by atoms with Crippen LogP contribution in [0.15, 0.2) is 46.7 Å². The monoisotopic (exact) mass is 555 g/mol. The molecule has 0 aliphatic rings. The number of nitrogens with one attached hydrogen (secondary N) is 3. The third-order valence-corrected chi connectivity index (χ3v) is 6.31. The van der Waals surface area contributed by atoms with Crippen molar-refractivity contribution in [2.24, 2.45) is 5.73 Å². The van der Waals surface area contributed by atoms with E-state index in [1.807, 2.05) is 0 Å². The van der Waals surface area contributed by atoms with Crippen LogP contribution in [-0.2, 0) is 0 Å². The Bertz CT molecular complexity index is 1550. The smallest absolute Gasteiger partial charge is 0.349 e. The first-order valence-electron chi connectivity index (χ1n) is 11.3. The molecule has 7 N–H and O–H groups in total. The molecule has 204 valence electrons. The summed E-state index contributed by atoms with van der Waals surface area (Å²) < 4.78 is 17.5. The predicted octanol–water partition coefficient (Wildman–Crippen LogP) is 1.59. The lowest BCUT2D eigenvalue weighted by molar-refractivity contribution is 0.0701. The van der Waals surface area contributed by atoms with Crippen molar-refractivity contribution in [1.29, 1.82) is 5.41 Å². The van der Waals surface area contributed by atoms with Gasteiger partial charge in [-0.3, -0.25) is 10.4 Å². The topological polar surface area (TPSA) is 211 Å². The number of H-pyrrole nitrogens is 1. The molecule has 14 nitrogen and oxygen atoms in total. The maximum absolute atomic E-state index is 12.9. The minimum atomic E-state index is -1.24. The lowest BCUT2D eigenvalue weighted by Gasteiger charge is -2.21. The average Bonchev–Trinajstić information content (AvgIpc) is 3.56. The summed E-state index contributed by atoms with van der Waals surface area (Å²) in [7, 11) is 2.90. The number of rotatable bonds is 12. The Morgan fingerprint density at radius 3 is 2.56 bits per heavy atom. The van der Waals surface area contributed by atoms with Gasteiger partial charge in [0, 0.05) is 11.3 Å². The molecule has 2 aromatic heterocycles. The van der Waals surface area contributed by atoms with Crippen molar-refractivity contribution in [1.82, 2.24) is 19.7 Å². The number of thiazole rings is 1. The Kier molecular flexibility index (Phi) is 8.12. The van der Waals surface area contributed by atoms with E-state index < -0.39 is 17.7 Å². The van der Waals surface area contributed by atoms with E-state index in [1.54, 1.807) is 36.4 Å². The molecule has 2 heterocycles. The zero-order chi connectivity index (χ0) is 28.1. The number of nitrogen functional groups attached to an aromatic ring is 1. The van der Waals surface area contributed by atoms with Crippen LogP contribution >= 0.6 is 11.3 Å². The number of aliphatic hydroxyl groups is 1. The average molecular weight is 556 g/mol. The van der Waals surface area contributed by atoms with Crippen LogP contribution in [0.4, 0.5) is 5.69 Å². The number of aromatic amines is 1. The number of carboxylic acids is 1. The molecule has 39 heavy (non-hydrogen) atoms. The predicted molar refractivity (Wildman–Crippen MR) is 142 cm³/mol. The summed E-state index contributed by atoms with van der Waals surface area (Å²) >= 11 is 0.865. The largest absolute Gasteiger partial charge is 0.493 e. The first-order valence-corrected chi connectivity index (χ1v) is 12.2. The van der Waals surface area contributed by atoms with Crippen LogP contribution in [0, 0.1) is 5.41 Å². The fourth-order valence-electron chi connectivity index (χ4n) is 3.75. The molecular formula is C24H25N7O7S. The summed E-state index contributed by atoms with van der Waals surface area (Å²) in [6.45, 7) is -0.252. The summed E-state index contributed by atoms with van der Waals surface area (Å²) in [4.78, 5) is 31.1. The molecule has 0 radical (unpaired) electrons. The third kappa shape index (κ3) is 5.68. The van der Waals surface area contributed by atoms with Crippen molar-refractivity contribution >= 4 is 28.8 Å². The number of nitrogens with two attached hydrogens (primary N) is 1. The number of aromatic carboxylic acids is 1. The van der Waals surface area contributed by atoms with Crippen LogP contribution in [0.5, 0.6) is 17.2 Å². The summed E-state index contributed by atoms with van der Waals surface area (Å²) in [5, 5.41) is 34.0. The third-order valence-electron chi connectivity index (χ3n) is 5.51. The number of amidine groups is 1. The highest BCUT2D eigenvalue weighted by atomic mass is 32.1. The molecule has 4 rings (SSSR count). The second kappa shape index (κ2) is 11.7. The van der Waals surface area contributed by atoms with Crippen molar-refractivity contribution in [3.05, 3.63) is 74.2 Å². The number of aliphatic hydroxyl groups excluding tert-OH is 1. The van der Waals surface area contributed by atoms with Crippen LogP contribution in [-0.4, -0.2) is 69.2 Å². The number of aromatic nitrogens is 4. The molecule has 0 saturated heterocycles. The second-order valence-corrected chi connectivity index (χ2v) is 8.79. The molecule has 0 spiro atoms. The number of ether oxygens (including phenoxy) is 3. The van der Waals surface area contributed by atoms with Crippen molar-refractivity contribution in [2.45, 2.75) is 6.04 Å². The van der Waals surface area contributed by atoms with Gasteiger partial charge in [-0.15, -0.1) is 16.4 Å². The van der Waals surface area contributed by atoms with Crippen molar-refractivity contribution in [3.8, 4) is 23.1 Å². The number of carboxylic acid groups (broad SMARTS) is 1. The van der Waals surface area contributed by atoms with Gasteiger partial charge in [0.1, 0.15) is 18.5 Å². The fraction of sp³-hybridized carbons (Fsp3) is 0.208. The maximum Gasteiger partial charge on any atom is 0.349 e. The molecule has 1 unspecified atom stereocenters. The molecule has 0 saturated carbocycles. The lowest BCUT2D eigenvalue weighted by atomic mass is 10.0. The van der Waals surface area contributed by atoms with Crippen molar-refractivity contribution in [2.75, 3.05) is 32.8 Å². The minimum Gasteiger partial charge on any atom is -0.493 e. The number of methoxy groups -OCH3 is 2. The van der Waals surface area contributed by atoms with Gasteiger partial charge in [0.2, 0.25) is 5.75 Å². The number of anilines is 1. The lowest BCUT2D eigenvalue weighted by Crippen LogP contribution is -2.18. The van der Waals surface area contributed by atoms with Gasteiger partial charge in [0.25, 0.3) is 0 Å². The zero-order valence-corrected chi connectivity index (χ0v) is 21.6. The van der Waals surface area contributed by atoms with Crippen LogP contribution in [0.1, 0.15) is 32.7 Å². The summed E-state index contributed by atoms with van der Waals surface area (Å²) in [5.74, 6) is -0.444. The zero-order valence-electron chi connectivity index (χ0n) is 20.8. The van der Waals surface area contributed by atoms with Crippen molar-refractivity contribution < 1.29 is 29.2 Å². The van der Waals surface area contributed by atoms with Crippen LogP contribution in [0.3, 0.4) is 0 Å². The van der Waals surface area contributed by atoms with E-state index in [0.29, 0.717) is 28.3 Å². The highest BCUT2D eigenvalue weighted by Crippen LogP contribution is 2.41. The summed E-state index contributed by atoms with van der Waals surface area (Å²) in [6, 6.07) is 9.18. The first-order chi connectivity index (χ1) is 18.8. The van der Waals surface area contributed by atoms with E-state index in [0.717, 1.165) is 16.0 Å². The van der Waals surface area contributed by atoms with Gasteiger partial charge in [-0.25, -0.2) is 14.6 Å². The first kappa shape index (κ1) is 27.2. The SMILES string of the molecule is COc1cc(C(Nc2ccc(C(=N)N)cc2)c2nn(-c3ncsc3C(=O)O)c(=O)[nH]2)cc(OCCO)c1OC. The van der Waals surface area contributed by atoms with E-state index in [2.05, 4.69) is 20.4 Å². The molecule has 0 aliphatic heterocycles. The molecule has 0 fully saturated rings. The summed E-state index contributed by atoms with van der Waals surface area (Å²) in [6.07, 6.45) is 0. The molecule has 0 amide bonds. The van der Waals surface area contributed by atoms with Gasteiger partial charge >= 0.3 is 11.7 Å². The van der Waals surface area contributed by atoms with Crippen LogP contribution in [0.25, 0.3) is 5.82 Å². The molecular weight excluding hydrogens is 530 g/mol. The van der Waals surface area contributed by atoms with Gasteiger partial charge in [-0.2, -0.15) is 4.68 Å².